The minimum Gasteiger partial charge on any atom is -0.378 e. The molecule has 0 atom stereocenters. The van der Waals surface area contributed by atoms with Gasteiger partial charge in [0.05, 0.1) is 24.6 Å². The number of ether oxygens (including phenoxy) is 1. The van der Waals surface area contributed by atoms with Crippen molar-refractivity contribution in [3.63, 3.8) is 0 Å². The predicted molar refractivity (Wildman–Crippen MR) is 107 cm³/mol. The van der Waals surface area contributed by atoms with Gasteiger partial charge in [0.2, 0.25) is 0 Å². The third kappa shape index (κ3) is 4.02. The Morgan fingerprint density at radius 1 is 1.03 bits per heavy atom. The lowest BCUT2D eigenvalue weighted by Gasteiger charge is -2.27. The third-order valence-electron chi connectivity index (χ3n) is 4.78. The van der Waals surface area contributed by atoms with Crippen molar-refractivity contribution in [3.8, 4) is 5.69 Å². The summed E-state index contributed by atoms with van der Waals surface area (Å²) in [5, 5.41) is 10.9. The molecule has 2 heterocycles. The Bertz CT molecular complexity index is 1030. The zero-order valence-electron chi connectivity index (χ0n) is 16.0. The zero-order valence-corrected chi connectivity index (χ0v) is 16.0. The second-order valence-electron chi connectivity index (χ2n) is 6.71. The second kappa shape index (κ2) is 8.24. The maximum absolute atomic E-state index is 12.7. The molecule has 3 aromatic rings. The lowest BCUT2D eigenvalue weighted by atomic mass is 10.1. The van der Waals surface area contributed by atoms with Crippen LogP contribution < -0.4 is 5.32 Å². The van der Waals surface area contributed by atoms with E-state index in [9.17, 15) is 9.59 Å². The van der Waals surface area contributed by atoms with E-state index in [0.29, 0.717) is 43.2 Å². The molecule has 0 bridgehead atoms. The monoisotopic (exact) mass is 391 g/mol. The van der Waals surface area contributed by atoms with Gasteiger partial charge in [-0.2, -0.15) is 0 Å². The molecule has 0 saturated carbocycles. The molecule has 1 fully saturated rings. The number of hydrogen-bond acceptors (Lipinski definition) is 5. The fourth-order valence-electron chi connectivity index (χ4n) is 3.22. The SMILES string of the molecule is Cc1c(C(=O)Nc2cccc(C(=O)N3CCOCC3)c2)nnn1-c1ccccc1. The molecule has 0 unspecified atom stereocenters. The number of nitrogens with zero attached hydrogens (tertiary/aromatic N) is 4. The number of carbonyl (C=O) groups is 2. The molecular formula is C21H21N5O3. The van der Waals surface area contributed by atoms with Crippen molar-refractivity contribution < 1.29 is 14.3 Å². The van der Waals surface area contributed by atoms with Crippen molar-refractivity contribution >= 4 is 17.5 Å². The van der Waals surface area contributed by atoms with Crippen LogP contribution in [0, 0.1) is 6.92 Å². The minimum atomic E-state index is -0.374. The van der Waals surface area contributed by atoms with E-state index >= 15 is 0 Å². The van der Waals surface area contributed by atoms with E-state index in [-0.39, 0.29) is 17.5 Å². The number of benzene rings is 2. The molecule has 8 heteroatoms. The van der Waals surface area contributed by atoms with Crippen molar-refractivity contribution in [2.75, 3.05) is 31.6 Å². The van der Waals surface area contributed by atoms with Crippen molar-refractivity contribution in [1.29, 1.82) is 0 Å². The van der Waals surface area contributed by atoms with Crippen molar-refractivity contribution in [2.24, 2.45) is 0 Å². The van der Waals surface area contributed by atoms with Crippen LogP contribution in [0.25, 0.3) is 5.69 Å². The lowest BCUT2D eigenvalue weighted by molar-refractivity contribution is 0.0303. The highest BCUT2D eigenvalue weighted by atomic mass is 16.5. The number of hydrogen-bond donors (Lipinski definition) is 1. The topological polar surface area (TPSA) is 89.3 Å². The van der Waals surface area contributed by atoms with E-state index < -0.39 is 0 Å². The van der Waals surface area contributed by atoms with Crippen LogP contribution in [0.15, 0.2) is 54.6 Å². The molecule has 1 aliphatic rings. The van der Waals surface area contributed by atoms with Crippen LogP contribution >= 0.6 is 0 Å². The van der Waals surface area contributed by atoms with Gasteiger partial charge in [0.15, 0.2) is 5.69 Å². The van der Waals surface area contributed by atoms with E-state index in [0.717, 1.165) is 5.69 Å². The standard InChI is InChI=1S/C21H21N5O3/c1-15-19(23-24-26(15)18-8-3-2-4-9-18)20(27)22-17-7-5-6-16(14-17)21(28)25-10-12-29-13-11-25/h2-9,14H,10-13H2,1H3,(H,22,27). The quantitative estimate of drug-likeness (QED) is 0.737. The first kappa shape index (κ1) is 18.8. The van der Waals surface area contributed by atoms with Crippen LogP contribution in [0.2, 0.25) is 0 Å². The van der Waals surface area contributed by atoms with Gasteiger partial charge >= 0.3 is 0 Å². The number of aromatic nitrogens is 3. The van der Waals surface area contributed by atoms with Gasteiger partial charge in [-0.3, -0.25) is 9.59 Å². The number of morpholine rings is 1. The second-order valence-corrected chi connectivity index (χ2v) is 6.71. The predicted octanol–water partition coefficient (Wildman–Crippen LogP) is 2.30. The summed E-state index contributed by atoms with van der Waals surface area (Å²) in [5.41, 5.74) is 2.75. The smallest absolute Gasteiger partial charge is 0.278 e. The van der Waals surface area contributed by atoms with Crippen LogP contribution in [0.5, 0.6) is 0 Å². The van der Waals surface area contributed by atoms with Crippen LogP contribution in [0.3, 0.4) is 0 Å². The molecule has 4 rings (SSSR count). The number of anilines is 1. The van der Waals surface area contributed by atoms with Crippen molar-refractivity contribution in [1.82, 2.24) is 19.9 Å². The Balaban J connectivity index is 1.51. The molecule has 2 aromatic carbocycles. The molecule has 148 valence electrons. The van der Waals surface area contributed by atoms with Gasteiger partial charge < -0.3 is 15.0 Å². The normalized spacial score (nSPS) is 13.9. The minimum absolute atomic E-state index is 0.0735. The molecule has 2 amide bonds. The van der Waals surface area contributed by atoms with Gasteiger partial charge in [0, 0.05) is 24.3 Å². The van der Waals surface area contributed by atoms with Gasteiger partial charge in [-0.05, 0) is 37.3 Å². The Kier molecular flexibility index (Phi) is 5.35. The summed E-state index contributed by atoms with van der Waals surface area (Å²) < 4.78 is 6.91. The molecule has 29 heavy (non-hydrogen) atoms. The zero-order chi connectivity index (χ0) is 20.2. The van der Waals surface area contributed by atoms with E-state index in [1.54, 1.807) is 40.8 Å². The summed E-state index contributed by atoms with van der Waals surface area (Å²) in [6.07, 6.45) is 0. The van der Waals surface area contributed by atoms with Crippen LogP contribution in [-0.2, 0) is 4.74 Å². The number of amides is 2. The fraction of sp³-hybridized carbons (Fsp3) is 0.238. The third-order valence-corrected chi connectivity index (χ3v) is 4.78. The highest BCUT2D eigenvalue weighted by Gasteiger charge is 2.20. The average Bonchev–Trinajstić information content (AvgIpc) is 3.16. The molecule has 0 radical (unpaired) electrons. The molecule has 1 aromatic heterocycles. The first-order valence-electron chi connectivity index (χ1n) is 9.39. The summed E-state index contributed by atoms with van der Waals surface area (Å²) in [6.45, 7) is 4.01. The molecule has 1 aliphatic heterocycles. The van der Waals surface area contributed by atoms with Gasteiger partial charge in [-0.15, -0.1) is 5.10 Å². The lowest BCUT2D eigenvalue weighted by Crippen LogP contribution is -2.40. The summed E-state index contributed by atoms with van der Waals surface area (Å²) in [7, 11) is 0. The van der Waals surface area contributed by atoms with Crippen molar-refractivity contribution in [3.05, 3.63) is 71.5 Å². The Hall–Kier alpha value is -3.52. The number of para-hydroxylation sites is 1. The first-order valence-corrected chi connectivity index (χ1v) is 9.39. The van der Waals surface area contributed by atoms with Crippen LogP contribution in [0.4, 0.5) is 5.69 Å². The first-order chi connectivity index (χ1) is 14.1. The fourth-order valence-corrected chi connectivity index (χ4v) is 3.22. The number of rotatable bonds is 4. The van der Waals surface area contributed by atoms with E-state index in [1.807, 2.05) is 30.3 Å². The number of nitrogens with one attached hydrogen (secondary N) is 1. The maximum Gasteiger partial charge on any atom is 0.278 e. The highest BCUT2D eigenvalue weighted by molar-refractivity contribution is 6.04. The van der Waals surface area contributed by atoms with Gasteiger partial charge in [0.25, 0.3) is 11.8 Å². The largest absolute Gasteiger partial charge is 0.378 e. The number of carbonyl (C=O) groups excluding carboxylic acids is 2. The molecular weight excluding hydrogens is 370 g/mol. The summed E-state index contributed by atoms with van der Waals surface area (Å²) in [6, 6.07) is 16.4. The highest BCUT2D eigenvalue weighted by Crippen LogP contribution is 2.17. The summed E-state index contributed by atoms with van der Waals surface area (Å²) in [4.78, 5) is 27.1. The molecule has 1 saturated heterocycles. The van der Waals surface area contributed by atoms with E-state index in [1.165, 1.54) is 0 Å². The molecule has 8 nitrogen and oxygen atoms in total. The van der Waals surface area contributed by atoms with Gasteiger partial charge in [0.1, 0.15) is 0 Å². The summed E-state index contributed by atoms with van der Waals surface area (Å²) in [5.74, 6) is -0.448. The van der Waals surface area contributed by atoms with Gasteiger partial charge in [-0.1, -0.05) is 29.5 Å². The maximum atomic E-state index is 12.7. The van der Waals surface area contributed by atoms with Crippen LogP contribution in [0.1, 0.15) is 26.5 Å². The molecule has 1 N–H and O–H groups in total. The Morgan fingerprint density at radius 3 is 2.55 bits per heavy atom. The van der Waals surface area contributed by atoms with Crippen molar-refractivity contribution in [2.45, 2.75) is 6.92 Å². The molecule has 0 aliphatic carbocycles. The average molecular weight is 391 g/mol. The van der Waals surface area contributed by atoms with Crippen LogP contribution in [-0.4, -0.2) is 58.0 Å². The van der Waals surface area contributed by atoms with Gasteiger partial charge in [-0.25, -0.2) is 4.68 Å². The van der Waals surface area contributed by atoms with E-state index in [4.69, 9.17) is 4.74 Å². The van der Waals surface area contributed by atoms with E-state index in [2.05, 4.69) is 15.6 Å². The summed E-state index contributed by atoms with van der Waals surface area (Å²) >= 11 is 0. The molecule has 0 spiro atoms. The Morgan fingerprint density at radius 2 is 1.79 bits per heavy atom. The Labute approximate surface area is 168 Å².